The highest BCUT2D eigenvalue weighted by molar-refractivity contribution is 5.95. The third kappa shape index (κ3) is 6.58. The first kappa shape index (κ1) is 30.4. The summed E-state index contributed by atoms with van der Waals surface area (Å²) >= 11 is 0. The van der Waals surface area contributed by atoms with E-state index in [-0.39, 0.29) is 17.5 Å². The van der Waals surface area contributed by atoms with Crippen LogP contribution in [0.4, 0.5) is 11.4 Å². The molecular formula is C37H60N4O. The Morgan fingerprint density at radius 3 is 2.12 bits per heavy atom. The van der Waals surface area contributed by atoms with Crippen LogP contribution in [-0.2, 0) is 10.3 Å². The van der Waals surface area contributed by atoms with E-state index in [9.17, 15) is 4.79 Å². The Bertz CT molecular complexity index is 1020. The smallest absolute Gasteiger partial charge is 0.241 e. The van der Waals surface area contributed by atoms with E-state index >= 15 is 0 Å². The van der Waals surface area contributed by atoms with Crippen LogP contribution in [0.5, 0.6) is 0 Å². The zero-order chi connectivity index (χ0) is 28.8. The molecule has 0 bridgehead atoms. The molecule has 2 aliphatic heterocycles. The van der Waals surface area contributed by atoms with Crippen molar-refractivity contribution in [2.45, 2.75) is 166 Å². The van der Waals surface area contributed by atoms with Crippen LogP contribution in [-0.4, -0.2) is 24.7 Å². The van der Waals surface area contributed by atoms with Gasteiger partial charge in [-0.25, -0.2) is 0 Å². The summed E-state index contributed by atoms with van der Waals surface area (Å²) in [5.74, 6) is 1.60. The highest BCUT2D eigenvalue weighted by Crippen LogP contribution is 2.55. The normalized spacial score (nSPS) is 33.1. The Labute approximate surface area is 256 Å². The molecule has 4 atom stereocenters. The van der Waals surface area contributed by atoms with Gasteiger partial charge in [0.25, 0.3) is 0 Å². The van der Waals surface area contributed by atoms with Gasteiger partial charge in [0, 0.05) is 23.0 Å². The summed E-state index contributed by atoms with van der Waals surface area (Å²) in [7, 11) is 0. The number of nitrogens with one attached hydrogen (secondary N) is 4. The molecule has 6 rings (SSSR count). The molecule has 5 heteroatoms. The number of hydrogen-bond donors (Lipinski definition) is 4. The molecule has 5 nitrogen and oxygen atoms in total. The first-order valence-corrected chi connectivity index (χ1v) is 18.3. The number of amides is 1. The van der Waals surface area contributed by atoms with E-state index in [4.69, 9.17) is 0 Å². The predicted molar refractivity (Wildman–Crippen MR) is 176 cm³/mol. The van der Waals surface area contributed by atoms with Gasteiger partial charge in [0.1, 0.15) is 0 Å². The number of fused-ring (bicyclic) bond motifs is 3. The van der Waals surface area contributed by atoms with E-state index in [2.05, 4.69) is 46.4 Å². The highest BCUT2D eigenvalue weighted by Gasteiger charge is 2.55. The van der Waals surface area contributed by atoms with E-state index in [1.54, 1.807) is 0 Å². The van der Waals surface area contributed by atoms with Gasteiger partial charge in [-0.2, -0.15) is 0 Å². The fourth-order valence-electron chi connectivity index (χ4n) is 10.2. The van der Waals surface area contributed by atoms with Crippen molar-refractivity contribution >= 4 is 17.3 Å². The van der Waals surface area contributed by atoms with Crippen molar-refractivity contribution in [3.05, 3.63) is 23.8 Å². The van der Waals surface area contributed by atoms with Crippen LogP contribution in [0.15, 0.2) is 18.2 Å². The lowest BCUT2D eigenvalue weighted by atomic mass is 9.57. The molecule has 4 N–H and O–H groups in total. The molecule has 2 heterocycles. The standard InChI is InChI=1S/C37H60N4O/c1-28-17-16-22-36(29-18-12-8-4-2-5-9-13-19-29)26-33(41-34(28)36)35(42)40-30-20-21-31-32(25-30)38-27-39-37(31)23-14-10-6-3-7-11-15-24-37/h20-21,25,28-29,33-34,38-39,41H,2-19,22-24,26-27H2,1H3,(H,40,42). The van der Waals surface area contributed by atoms with E-state index in [1.807, 2.05) is 0 Å². The van der Waals surface area contributed by atoms with Gasteiger partial charge in [-0.15, -0.1) is 0 Å². The lowest BCUT2D eigenvalue weighted by molar-refractivity contribution is -0.118. The molecular weight excluding hydrogens is 516 g/mol. The molecule has 234 valence electrons. The minimum atomic E-state index is -0.0822. The second-order valence-electron chi connectivity index (χ2n) is 15.1. The molecule has 0 aromatic heterocycles. The summed E-state index contributed by atoms with van der Waals surface area (Å²) in [5, 5.41) is 14.9. The Balaban J connectivity index is 1.17. The fraction of sp³-hybridized carbons (Fsp3) is 0.811. The number of carbonyl (C=O) groups excluding carboxylic acids is 1. The first-order chi connectivity index (χ1) is 20.6. The van der Waals surface area contributed by atoms with Crippen molar-refractivity contribution in [1.82, 2.24) is 10.6 Å². The molecule has 1 aromatic rings. The van der Waals surface area contributed by atoms with Crippen molar-refractivity contribution in [2.24, 2.45) is 17.3 Å². The lowest BCUT2D eigenvalue weighted by Crippen LogP contribution is -2.50. The molecule has 1 aromatic carbocycles. The summed E-state index contributed by atoms with van der Waals surface area (Å²) in [4.78, 5) is 13.9. The molecule has 3 aliphatic carbocycles. The Morgan fingerprint density at radius 1 is 0.786 bits per heavy atom. The van der Waals surface area contributed by atoms with E-state index in [1.165, 1.54) is 146 Å². The molecule has 3 saturated carbocycles. The molecule has 4 unspecified atom stereocenters. The highest BCUT2D eigenvalue weighted by atomic mass is 16.2. The maximum Gasteiger partial charge on any atom is 0.241 e. The van der Waals surface area contributed by atoms with Crippen LogP contribution in [0.25, 0.3) is 0 Å². The molecule has 4 fully saturated rings. The minimum Gasteiger partial charge on any atom is -0.372 e. The summed E-state index contributed by atoms with van der Waals surface area (Å²) in [6.45, 7) is 3.25. The number of benzene rings is 1. The SMILES string of the molecule is CC1CCCC2(C3CCCCCCCCC3)CC(C(=O)Nc3ccc4c(c3)NCNC43CCCCCCCCC3)NC12. The van der Waals surface area contributed by atoms with Crippen molar-refractivity contribution in [2.75, 3.05) is 17.3 Å². The van der Waals surface area contributed by atoms with E-state index in [0.29, 0.717) is 17.4 Å². The lowest BCUT2D eigenvalue weighted by Gasteiger charge is -2.48. The van der Waals surface area contributed by atoms with Gasteiger partial charge in [-0.3, -0.25) is 10.1 Å². The van der Waals surface area contributed by atoms with Gasteiger partial charge in [0.05, 0.1) is 12.7 Å². The zero-order valence-corrected chi connectivity index (χ0v) is 26.7. The molecule has 42 heavy (non-hydrogen) atoms. The van der Waals surface area contributed by atoms with Crippen molar-refractivity contribution in [3.8, 4) is 0 Å². The molecule has 1 spiro atoms. The van der Waals surface area contributed by atoms with Crippen LogP contribution in [0, 0.1) is 17.3 Å². The number of hydrogen-bond acceptors (Lipinski definition) is 4. The van der Waals surface area contributed by atoms with Crippen LogP contribution in [0.3, 0.4) is 0 Å². The molecule has 0 radical (unpaired) electrons. The maximum atomic E-state index is 13.9. The van der Waals surface area contributed by atoms with Gasteiger partial charge in [-0.1, -0.05) is 109 Å². The van der Waals surface area contributed by atoms with Crippen LogP contribution < -0.4 is 21.3 Å². The van der Waals surface area contributed by atoms with Crippen molar-refractivity contribution in [1.29, 1.82) is 0 Å². The van der Waals surface area contributed by atoms with E-state index in [0.717, 1.165) is 24.7 Å². The summed E-state index contributed by atoms with van der Waals surface area (Å²) < 4.78 is 0. The monoisotopic (exact) mass is 576 g/mol. The first-order valence-electron chi connectivity index (χ1n) is 18.3. The zero-order valence-electron chi connectivity index (χ0n) is 26.7. The van der Waals surface area contributed by atoms with Gasteiger partial charge in [-0.05, 0) is 79.9 Å². The number of anilines is 2. The quantitative estimate of drug-likeness (QED) is 0.290. The summed E-state index contributed by atoms with van der Waals surface area (Å²) in [5.41, 5.74) is 3.93. The van der Waals surface area contributed by atoms with Crippen molar-refractivity contribution in [3.63, 3.8) is 0 Å². The number of rotatable bonds is 3. The van der Waals surface area contributed by atoms with Crippen LogP contribution >= 0.6 is 0 Å². The third-order valence-electron chi connectivity index (χ3n) is 12.4. The van der Waals surface area contributed by atoms with Crippen molar-refractivity contribution < 1.29 is 4.79 Å². The second-order valence-corrected chi connectivity index (χ2v) is 15.1. The number of carbonyl (C=O) groups is 1. The Hall–Kier alpha value is -1.59. The third-order valence-corrected chi connectivity index (χ3v) is 12.4. The maximum absolute atomic E-state index is 13.9. The van der Waals surface area contributed by atoms with Gasteiger partial charge >= 0.3 is 0 Å². The average Bonchev–Trinajstić information content (AvgIpc) is 3.42. The van der Waals surface area contributed by atoms with Gasteiger partial charge in [0.2, 0.25) is 5.91 Å². The molecule has 1 saturated heterocycles. The Kier molecular flexibility index (Phi) is 10.2. The molecule has 5 aliphatic rings. The van der Waals surface area contributed by atoms with Crippen LogP contribution in [0.1, 0.15) is 154 Å². The summed E-state index contributed by atoms with van der Waals surface area (Å²) in [6.07, 6.45) is 29.3. The fourth-order valence-corrected chi connectivity index (χ4v) is 10.2. The average molecular weight is 577 g/mol. The molecule has 1 amide bonds. The van der Waals surface area contributed by atoms with E-state index < -0.39 is 0 Å². The predicted octanol–water partition coefficient (Wildman–Crippen LogP) is 9.00. The van der Waals surface area contributed by atoms with Gasteiger partial charge < -0.3 is 16.0 Å². The second kappa shape index (κ2) is 14.0. The largest absolute Gasteiger partial charge is 0.372 e. The van der Waals surface area contributed by atoms with Crippen LogP contribution in [0.2, 0.25) is 0 Å². The Morgan fingerprint density at radius 2 is 1.43 bits per heavy atom. The minimum absolute atomic E-state index is 0.0706. The summed E-state index contributed by atoms with van der Waals surface area (Å²) in [6, 6.07) is 7.10. The topological polar surface area (TPSA) is 65.2 Å². The van der Waals surface area contributed by atoms with Gasteiger partial charge in [0.15, 0.2) is 0 Å².